The Hall–Kier alpha value is -1.81. The summed E-state index contributed by atoms with van der Waals surface area (Å²) in [7, 11) is 6.02. The number of aromatic nitrogens is 2. The summed E-state index contributed by atoms with van der Waals surface area (Å²) in [5.41, 5.74) is 4.30. The average molecular weight is 313 g/mol. The van der Waals surface area contributed by atoms with E-state index in [0.717, 1.165) is 37.5 Å². The first kappa shape index (κ1) is 16.1. The number of hydrogen-bond acceptors (Lipinski definition) is 3. The molecule has 1 aromatic carbocycles. The van der Waals surface area contributed by atoms with Crippen molar-refractivity contribution in [3.05, 3.63) is 47.0 Å². The molecule has 4 nitrogen and oxygen atoms in total. The highest BCUT2D eigenvalue weighted by molar-refractivity contribution is 5.44. The first-order chi connectivity index (χ1) is 11.2. The first-order valence-corrected chi connectivity index (χ1v) is 8.51. The van der Waals surface area contributed by atoms with Gasteiger partial charge in [0.2, 0.25) is 0 Å². The Morgan fingerprint density at radius 1 is 1.26 bits per heavy atom. The normalized spacial score (nSPS) is 13.6. The van der Waals surface area contributed by atoms with Gasteiger partial charge in [-0.05, 0) is 56.5 Å². The summed E-state index contributed by atoms with van der Waals surface area (Å²) in [5.74, 6) is 2.20. The number of ether oxygens (including phenoxy) is 1. The van der Waals surface area contributed by atoms with Crippen LogP contribution in [0.2, 0.25) is 0 Å². The Morgan fingerprint density at radius 2 is 2.04 bits per heavy atom. The maximum absolute atomic E-state index is 5.61. The predicted molar refractivity (Wildman–Crippen MR) is 92.9 cm³/mol. The molecule has 1 aromatic heterocycles. The zero-order chi connectivity index (χ0) is 16.2. The highest BCUT2D eigenvalue weighted by Crippen LogP contribution is 2.30. The van der Waals surface area contributed by atoms with Crippen molar-refractivity contribution in [1.29, 1.82) is 0 Å². The molecular formula is C19H27N3O. The van der Waals surface area contributed by atoms with Gasteiger partial charge in [-0.2, -0.15) is 0 Å². The SMILES string of the molecule is COc1cc2c(cc1CN(C)CCCc1nccn1C)CCC2. The molecule has 0 atom stereocenters. The van der Waals surface area contributed by atoms with Gasteiger partial charge < -0.3 is 14.2 Å². The van der Waals surface area contributed by atoms with Gasteiger partial charge in [0.25, 0.3) is 0 Å². The van der Waals surface area contributed by atoms with Gasteiger partial charge in [-0.1, -0.05) is 6.07 Å². The quantitative estimate of drug-likeness (QED) is 0.787. The molecule has 4 heteroatoms. The molecule has 0 N–H and O–H groups in total. The van der Waals surface area contributed by atoms with Crippen LogP contribution in [0.5, 0.6) is 5.75 Å². The molecule has 3 rings (SSSR count). The number of methoxy groups -OCH3 is 1. The van der Waals surface area contributed by atoms with Crippen LogP contribution in [-0.2, 0) is 32.9 Å². The van der Waals surface area contributed by atoms with Gasteiger partial charge >= 0.3 is 0 Å². The molecule has 0 spiro atoms. The molecule has 0 aliphatic heterocycles. The topological polar surface area (TPSA) is 30.3 Å². The summed E-state index contributed by atoms with van der Waals surface area (Å²) >= 11 is 0. The molecule has 124 valence electrons. The number of aryl methyl sites for hydroxylation is 4. The van der Waals surface area contributed by atoms with E-state index in [0.29, 0.717) is 0 Å². The van der Waals surface area contributed by atoms with Gasteiger partial charge in [-0.15, -0.1) is 0 Å². The zero-order valence-electron chi connectivity index (χ0n) is 14.5. The average Bonchev–Trinajstić information content (AvgIpc) is 3.15. The minimum absolute atomic E-state index is 0.941. The molecule has 0 unspecified atom stereocenters. The Morgan fingerprint density at radius 3 is 2.74 bits per heavy atom. The molecule has 0 radical (unpaired) electrons. The molecule has 0 saturated carbocycles. The van der Waals surface area contributed by atoms with Crippen LogP contribution in [0.1, 0.15) is 35.4 Å². The first-order valence-electron chi connectivity index (χ1n) is 8.51. The highest BCUT2D eigenvalue weighted by atomic mass is 16.5. The maximum atomic E-state index is 5.61. The number of hydrogen-bond donors (Lipinski definition) is 0. The number of rotatable bonds is 7. The van der Waals surface area contributed by atoms with E-state index in [2.05, 4.69) is 40.7 Å². The summed E-state index contributed by atoms with van der Waals surface area (Å²) in [5, 5.41) is 0. The molecule has 0 saturated heterocycles. The lowest BCUT2D eigenvalue weighted by Crippen LogP contribution is -2.20. The van der Waals surface area contributed by atoms with Crippen LogP contribution in [0.3, 0.4) is 0 Å². The Balaban J connectivity index is 1.57. The third-order valence-corrected chi connectivity index (χ3v) is 4.80. The number of benzene rings is 1. The van der Waals surface area contributed by atoms with Crippen LogP contribution < -0.4 is 4.74 Å². The standard InChI is InChI=1S/C19H27N3O/c1-21(10-5-8-19-20-9-11-22(19)2)14-17-12-15-6-4-7-16(15)13-18(17)23-3/h9,11-13H,4-8,10,14H2,1-3H3. The van der Waals surface area contributed by atoms with Gasteiger partial charge in [0, 0.05) is 38.0 Å². The van der Waals surface area contributed by atoms with E-state index in [4.69, 9.17) is 4.74 Å². The van der Waals surface area contributed by atoms with Crippen molar-refractivity contribution in [1.82, 2.24) is 14.5 Å². The summed E-state index contributed by atoms with van der Waals surface area (Å²) in [6.07, 6.45) is 9.72. The van der Waals surface area contributed by atoms with E-state index < -0.39 is 0 Å². The Kier molecular flexibility index (Phi) is 5.01. The fraction of sp³-hybridized carbons (Fsp3) is 0.526. The van der Waals surface area contributed by atoms with Crippen LogP contribution in [0.15, 0.2) is 24.5 Å². The molecule has 0 bridgehead atoms. The van der Waals surface area contributed by atoms with Crippen LogP contribution in [-0.4, -0.2) is 35.2 Å². The van der Waals surface area contributed by atoms with E-state index >= 15 is 0 Å². The maximum Gasteiger partial charge on any atom is 0.123 e. The van der Waals surface area contributed by atoms with Gasteiger partial charge in [-0.3, -0.25) is 0 Å². The zero-order valence-corrected chi connectivity index (χ0v) is 14.5. The number of fused-ring (bicyclic) bond motifs is 1. The molecule has 1 aliphatic rings. The Bertz CT molecular complexity index is 663. The van der Waals surface area contributed by atoms with Gasteiger partial charge in [0.05, 0.1) is 7.11 Å². The minimum Gasteiger partial charge on any atom is -0.496 e. The van der Waals surface area contributed by atoms with E-state index in [-0.39, 0.29) is 0 Å². The van der Waals surface area contributed by atoms with Crippen LogP contribution >= 0.6 is 0 Å². The van der Waals surface area contributed by atoms with Gasteiger partial charge in [0.1, 0.15) is 11.6 Å². The van der Waals surface area contributed by atoms with Crippen molar-refractivity contribution >= 4 is 0 Å². The van der Waals surface area contributed by atoms with Crippen molar-refractivity contribution < 1.29 is 4.74 Å². The molecule has 0 fully saturated rings. The summed E-state index contributed by atoms with van der Waals surface area (Å²) in [6.45, 7) is 2.00. The number of nitrogens with zero attached hydrogens (tertiary/aromatic N) is 3. The molecule has 0 amide bonds. The van der Waals surface area contributed by atoms with Crippen molar-refractivity contribution in [2.45, 2.75) is 38.6 Å². The van der Waals surface area contributed by atoms with Crippen molar-refractivity contribution in [3.63, 3.8) is 0 Å². The fourth-order valence-corrected chi connectivity index (χ4v) is 3.48. The third-order valence-electron chi connectivity index (χ3n) is 4.80. The lowest BCUT2D eigenvalue weighted by molar-refractivity contribution is 0.312. The summed E-state index contributed by atoms with van der Waals surface area (Å²) < 4.78 is 7.71. The summed E-state index contributed by atoms with van der Waals surface area (Å²) in [6, 6.07) is 4.61. The van der Waals surface area contributed by atoms with E-state index in [1.807, 2.05) is 12.4 Å². The second-order valence-electron chi connectivity index (χ2n) is 6.58. The smallest absolute Gasteiger partial charge is 0.123 e. The van der Waals surface area contributed by atoms with E-state index in [1.165, 1.54) is 36.0 Å². The molecule has 2 aromatic rings. The third kappa shape index (κ3) is 3.75. The molecule has 23 heavy (non-hydrogen) atoms. The van der Waals surface area contributed by atoms with Crippen LogP contribution in [0, 0.1) is 0 Å². The van der Waals surface area contributed by atoms with Crippen LogP contribution in [0.25, 0.3) is 0 Å². The molecular weight excluding hydrogens is 286 g/mol. The molecule has 1 heterocycles. The second kappa shape index (κ2) is 7.18. The second-order valence-corrected chi connectivity index (χ2v) is 6.58. The molecule has 1 aliphatic carbocycles. The fourth-order valence-electron chi connectivity index (χ4n) is 3.48. The largest absolute Gasteiger partial charge is 0.496 e. The monoisotopic (exact) mass is 313 g/mol. The lowest BCUT2D eigenvalue weighted by Gasteiger charge is -2.19. The minimum atomic E-state index is 0.941. The van der Waals surface area contributed by atoms with E-state index in [9.17, 15) is 0 Å². The summed E-state index contributed by atoms with van der Waals surface area (Å²) in [4.78, 5) is 6.76. The van der Waals surface area contributed by atoms with Crippen molar-refractivity contribution in [2.24, 2.45) is 7.05 Å². The van der Waals surface area contributed by atoms with Gasteiger partial charge in [0.15, 0.2) is 0 Å². The van der Waals surface area contributed by atoms with Crippen molar-refractivity contribution in [2.75, 3.05) is 20.7 Å². The van der Waals surface area contributed by atoms with Gasteiger partial charge in [-0.25, -0.2) is 4.98 Å². The predicted octanol–water partition coefficient (Wildman–Crippen LogP) is 2.98. The van der Waals surface area contributed by atoms with E-state index in [1.54, 1.807) is 7.11 Å². The lowest BCUT2D eigenvalue weighted by atomic mass is 10.0. The van der Waals surface area contributed by atoms with Crippen LogP contribution in [0.4, 0.5) is 0 Å². The highest BCUT2D eigenvalue weighted by Gasteiger charge is 2.16. The Labute approximate surface area is 139 Å². The van der Waals surface area contributed by atoms with Crippen molar-refractivity contribution in [3.8, 4) is 5.75 Å². The number of imidazole rings is 1.